The van der Waals surface area contributed by atoms with Crippen molar-refractivity contribution in [3.8, 4) is 0 Å². The van der Waals surface area contributed by atoms with Crippen LogP contribution in [0.25, 0.3) is 0 Å². The van der Waals surface area contributed by atoms with Crippen LogP contribution in [0, 0.1) is 5.92 Å². The third-order valence-corrected chi connectivity index (χ3v) is 2.70. The fourth-order valence-electron chi connectivity index (χ4n) is 1.63. The Kier molecular flexibility index (Phi) is 3.51. The van der Waals surface area contributed by atoms with Crippen molar-refractivity contribution in [2.45, 2.75) is 19.3 Å². The first kappa shape index (κ1) is 11.1. The molecule has 0 saturated heterocycles. The van der Waals surface area contributed by atoms with E-state index in [4.69, 9.17) is 5.73 Å². The molecule has 1 aliphatic rings. The van der Waals surface area contributed by atoms with Gasteiger partial charge in [-0.15, -0.1) is 0 Å². The van der Waals surface area contributed by atoms with Crippen molar-refractivity contribution >= 4 is 11.6 Å². The number of hydrogen-bond acceptors (Lipinski definition) is 4. The lowest BCUT2D eigenvalue weighted by molar-refractivity contribution is -0.117. The molecule has 1 heterocycles. The van der Waals surface area contributed by atoms with Gasteiger partial charge in [-0.3, -0.25) is 4.79 Å². The van der Waals surface area contributed by atoms with Gasteiger partial charge in [0.2, 0.25) is 0 Å². The summed E-state index contributed by atoms with van der Waals surface area (Å²) in [5.41, 5.74) is 6.48. The van der Waals surface area contributed by atoms with E-state index in [0.717, 1.165) is 18.0 Å². The second kappa shape index (κ2) is 5.07. The monoisotopic (exact) mass is 219 g/mol. The Labute approximate surface area is 95.3 Å². The van der Waals surface area contributed by atoms with Crippen molar-refractivity contribution in [2.75, 3.05) is 18.8 Å². The van der Waals surface area contributed by atoms with E-state index >= 15 is 0 Å². The lowest BCUT2D eigenvalue weighted by atomic mass is 10.1. The number of nitrogens with two attached hydrogens (primary N) is 1. The van der Waals surface area contributed by atoms with Crippen LogP contribution < -0.4 is 11.1 Å². The summed E-state index contributed by atoms with van der Waals surface area (Å²) in [7, 11) is 0. The van der Waals surface area contributed by atoms with Gasteiger partial charge in [-0.1, -0.05) is 0 Å². The number of nitrogens with zero attached hydrogens (tertiary/aromatic N) is 1. The fraction of sp³-hybridized carbons (Fsp3) is 0.500. The van der Waals surface area contributed by atoms with E-state index < -0.39 is 0 Å². The molecule has 4 nitrogen and oxygen atoms in total. The first-order valence-electron chi connectivity index (χ1n) is 5.67. The average Bonchev–Trinajstić information content (AvgIpc) is 3.01. The summed E-state index contributed by atoms with van der Waals surface area (Å²) in [6, 6.07) is 3.58. The fourth-order valence-corrected chi connectivity index (χ4v) is 1.63. The van der Waals surface area contributed by atoms with Crippen molar-refractivity contribution in [3.05, 3.63) is 23.9 Å². The maximum atomic E-state index is 11.6. The van der Waals surface area contributed by atoms with Gasteiger partial charge in [0.05, 0.1) is 6.54 Å². The number of hydrogen-bond donors (Lipinski definition) is 2. The SMILES string of the molecule is Nc1cc(CC(=O)CNCC2CC2)ccn1. The Bertz CT molecular complexity index is 374. The normalized spacial score (nSPS) is 15.0. The van der Waals surface area contributed by atoms with E-state index in [2.05, 4.69) is 10.3 Å². The summed E-state index contributed by atoms with van der Waals surface area (Å²) in [4.78, 5) is 15.5. The third-order valence-electron chi connectivity index (χ3n) is 2.70. The lowest BCUT2D eigenvalue weighted by Crippen LogP contribution is -2.26. The van der Waals surface area contributed by atoms with E-state index in [9.17, 15) is 4.79 Å². The molecule has 0 amide bonds. The summed E-state index contributed by atoms with van der Waals surface area (Å²) < 4.78 is 0. The van der Waals surface area contributed by atoms with Crippen LogP contribution in [-0.4, -0.2) is 23.9 Å². The minimum Gasteiger partial charge on any atom is -0.384 e. The molecule has 0 spiro atoms. The number of nitrogen functional groups attached to an aromatic ring is 1. The minimum atomic E-state index is 0.200. The van der Waals surface area contributed by atoms with Crippen molar-refractivity contribution in [1.29, 1.82) is 0 Å². The van der Waals surface area contributed by atoms with Gasteiger partial charge in [0, 0.05) is 12.6 Å². The quantitative estimate of drug-likeness (QED) is 0.741. The zero-order chi connectivity index (χ0) is 11.4. The van der Waals surface area contributed by atoms with Crippen molar-refractivity contribution in [3.63, 3.8) is 0 Å². The molecule has 1 saturated carbocycles. The second-order valence-corrected chi connectivity index (χ2v) is 4.38. The maximum absolute atomic E-state index is 11.6. The Balaban J connectivity index is 1.73. The molecule has 0 aliphatic heterocycles. The lowest BCUT2D eigenvalue weighted by Gasteiger charge is -2.03. The molecule has 2 rings (SSSR count). The molecule has 0 atom stereocenters. The number of pyridine rings is 1. The Morgan fingerprint density at radius 1 is 1.56 bits per heavy atom. The van der Waals surface area contributed by atoms with E-state index in [1.165, 1.54) is 12.8 Å². The molecule has 0 aromatic carbocycles. The molecule has 16 heavy (non-hydrogen) atoms. The highest BCUT2D eigenvalue weighted by Gasteiger charge is 2.20. The van der Waals surface area contributed by atoms with Crippen LogP contribution in [0.4, 0.5) is 5.82 Å². The Morgan fingerprint density at radius 2 is 2.38 bits per heavy atom. The Hall–Kier alpha value is -1.42. The number of carbonyl (C=O) groups is 1. The minimum absolute atomic E-state index is 0.200. The smallest absolute Gasteiger partial charge is 0.150 e. The number of rotatable bonds is 6. The standard InChI is InChI=1S/C12H17N3O/c13-12-6-10(3-4-15-12)5-11(16)8-14-7-9-1-2-9/h3-4,6,9,14H,1-2,5,7-8H2,(H2,13,15). The number of ketones is 1. The predicted octanol–water partition coefficient (Wildman–Crippen LogP) is 0.775. The van der Waals surface area contributed by atoms with Gasteiger partial charge in [-0.2, -0.15) is 0 Å². The molecule has 4 heteroatoms. The van der Waals surface area contributed by atoms with Crippen LogP contribution in [0.3, 0.4) is 0 Å². The van der Waals surface area contributed by atoms with Crippen LogP contribution in [-0.2, 0) is 11.2 Å². The van der Waals surface area contributed by atoms with Crippen LogP contribution >= 0.6 is 0 Å². The summed E-state index contributed by atoms with van der Waals surface area (Å²) in [6.45, 7) is 1.43. The average molecular weight is 219 g/mol. The number of nitrogens with one attached hydrogen (secondary N) is 1. The Morgan fingerprint density at radius 3 is 3.06 bits per heavy atom. The summed E-state index contributed by atoms with van der Waals surface area (Å²) >= 11 is 0. The van der Waals surface area contributed by atoms with E-state index in [1.807, 2.05) is 6.07 Å². The molecule has 0 unspecified atom stereocenters. The first-order valence-corrected chi connectivity index (χ1v) is 5.67. The van der Waals surface area contributed by atoms with Crippen LogP contribution in [0.1, 0.15) is 18.4 Å². The highest BCUT2D eigenvalue weighted by molar-refractivity contribution is 5.82. The maximum Gasteiger partial charge on any atom is 0.150 e. The summed E-state index contributed by atoms with van der Waals surface area (Å²) in [5, 5.41) is 3.19. The number of aromatic nitrogens is 1. The van der Waals surface area contributed by atoms with E-state index in [0.29, 0.717) is 18.8 Å². The largest absolute Gasteiger partial charge is 0.384 e. The highest BCUT2D eigenvalue weighted by Crippen LogP contribution is 2.27. The number of anilines is 1. The molecule has 86 valence electrons. The van der Waals surface area contributed by atoms with Crippen LogP contribution in [0.5, 0.6) is 0 Å². The molecule has 1 fully saturated rings. The molecule has 0 bridgehead atoms. The third kappa shape index (κ3) is 3.62. The topological polar surface area (TPSA) is 68.0 Å². The van der Waals surface area contributed by atoms with Crippen molar-refractivity contribution in [2.24, 2.45) is 5.92 Å². The molecule has 1 aromatic heterocycles. The van der Waals surface area contributed by atoms with E-state index in [1.54, 1.807) is 12.3 Å². The molecular weight excluding hydrogens is 202 g/mol. The van der Waals surface area contributed by atoms with Gasteiger partial charge in [-0.25, -0.2) is 4.98 Å². The molecule has 0 radical (unpaired) electrons. The van der Waals surface area contributed by atoms with Gasteiger partial charge >= 0.3 is 0 Å². The highest BCUT2D eigenvalue weighted by atomic mass is 16.1. The van der Waals surface area contributed by atoms with E-state index in [-0.39, 0.29) is 5.78 Å². The molecule has 3 N–H and O–H groups in total. The molecular formula is C12H17N3O. The summed E-state index contributed by atoms with van der Waals surface area (Å²) in [5.74, 6) is 1.48. The molecule has 1 aliphatic carbocycles. The zero-order valence-electron chi connectivity index (χ0n) is 9.28. The van der Waals surface area contributed by atoms with Crippen LogP contribution in [0.15, 0.2) is 18.3 Å². The first-order chi connectivity index (χ1) is 7.74. The van der Waals surface area contributed by atoms with Gasteiger partial charge < -0.3 is 11.1 Å². The van der Waals surface area contributed by atoms with Gasteiger partial charge in [0.1, 0.15) is 5.82 Å². The van der Waals surface area contributed by atoms with Gasteiger partial charge in [0.15, 0.2) is 5.78 Å². The van der Waals surface area contributed by atoms with Gasteiger partial charge in [-0.05, 0) is 43.0 Å². The van der Waals surface area contributed by atoms with Crippen molar-refractivity contribution in [1.82, 2.24) is 10.3 Å². The van der Waals surface area contributed by atoms with Gasteiger partial charge in [0.25, 0.3) is 0 Å². The zero-order valence-corrected chi connectivity index (χ0v) is 9.28. The van der Waals surface area contributed by atoms with Crippen molar-refractivity contribution < 1.29 is 4.79 Å². The van der Waals surface area contributed by atoms with Crippen LogP contribution in [0.2, 0.25) is 0 Å². The second-order valence-electron chi connectivity index (χ2n) is 4.38. The number of carbonyl (C=O) groups excluding carboxylic acids is 1. The summed E-state index contributed by atoms with van der Waals surface area (Å²) in [6.07, 6.45) is 4.68. The molecule has 1 aromatic rings. The predicted molar refractivity (Wildman–Crippen MR) is 63.0 cm³/mol. The number of Topliss-reactive ketones (excluding diaryl/α,β-unsaturated/α-hetero) is 1.